The molecule has 0 aliphatic rings. The van der Waals surface area contributed by atoms with Crippen molar-refractivity contribution in [3.63, 3.8) is 0 Å². The number of nitrogens with zero attached hydrogens (tertiary/aromatic N) is 2. The number of nitrogens with one attached hydrogen (secondary N) is 1. The van der Waals surface area contributed by atoms with E-state index >= 15 is 0 Å². The topological polar surface area (TPSA) is 37.8 Å². The van der Waals surface area contributed by atoms with Gasteiger partial charge in [0.1, 0.15) is 11.6 Å². The average molecular weight is 283 g/mol. The Kier molecular flexibility index (Phi) is 4.94. The summed E-state index contributed by atoms with van der Waals surface area (Å²) in [6.07, 6.45) is 2.08. The van der Waals surface area contributed by atoms with Gasteiger partial charge in [-0.3, -0.25) is 0 Å². The fourth-order valence-electron chi connectivity index (χ4n) is 2.42. The van der Waals surface area contributed by atoms with Gasteiger partial charge in [0.05, 0.1) is 0 Å². The second-order valence-corrected chi connectivity index (χ2v) is 5.84. The molecule has 0 radical (unpaired) electrons. The van der Waals surface area contributed by atoms with Crippen molar-refractivity contribution in [1.29, 1.82) is 0 Å². The molecule has 2 aromatic rings. The summed E-state index contributed by atoms with van der Waals surface area (Å²) < 4.78 is 0. The molecule has 0 amide bonds. The molecule has 1 aromatic carbocycles. The molecule has 3 nitrogen and oxygen atoms in total. The number of aryl methyl sites for hydroxylation is 1. The Bertz CT molecular complexity index is 552. The van der Waals surface area contributed by atoms with E-state index in [0.29, 0.717) is 0 Å². The SMILES string of the molecule is CCCc1cc(NCC)nc(C(C)(C)c2ccccc2)n1. The maximum Gasteiger partial charge on any atom is 0.140 e. The normalized spacial score (nSPS) is 11.4. The molecule has 0 aliphatic heterocycles. The molecule has 112 valence electrons. The first-order valence-electron chi connectivity index (χ1n) is 7.75. The number of anilines is 1. The van der Waals surface area contributed by atoms with E-state index in [1.54, 1.807) is 0 Å². The van der Waals surface area contributed by atoms with Gasteiger partial charge < -0.3 is 5.32 Å². The summed E-state index contributed by atoms with van der Waals surface area (Å²) in [5.41, 5.74) is 2.15. The molecule has 1 aromatic heterocycles. The van der Waals surface area contributed by atoms with E-state index in [0.717, 1.165) is 36.7 Å². The van der Waals surface area contributed by atoms with Crippen LogP contribution in [0.4, 0.5) is 5.82 Å². The highest BCUT2D eigenvalue weighted by Gasteiger charge is 2.27. The fourth-order valence-corrected chi connectivity index (χ4v) is 2.42. The Morgan fingerprint density at radius 3 is 2.38 bits per heavy atom. The number of benzene rings is 1. The lowest BCUT2D eigenvalue weighted by Crippen LogP contribution is -2.23. The van der Waals surface area contributed by atoms with Gasteiger partial charge in [-0.2, -0.15) is 0 Å². The van der Waals surface area contributed by atoms with Crippen molar-refractivity contribution >= 4 is 5.82 Å². The molecule has 0 unspecified atom stereocenters. The van der Waals surface area contributed by atoms with Crippen molar-refractivity contribution in [2.75, 3.05) is 11.9 Å². The monoisotopic (exact) mass is 283 g/mol. The van der Waals surface area contributed by atoms with Crippen LogP contribution in [0.1, 0.15) is 51.2 Å². The molecule has 0 atom stereocenters. The van der Waals surface area contributed by atoms with E-state index in [1.807, 2.05) is 6.07 Å². The van der Waals surface area contributed by atoms with Gasteiger partial charge in [-0.25, -0.2) is 9.97 Å². The van der Waals surface area contributed by atoms with Crippen LogP contribution in [-0.4, -0.2) is 16.5 Å². The highest BCUT2D eigenvalue weighted by molar-refractivity contribution is 5.40. The highest BCUT2D eigenvalue weighted by atomic mass is 15.0. The first-order valence-corrected chi connectivity index (χ1v) is 7.75. The van der Waals surface area contributed by atoms with Crippen molar-refractivity contribution in [2.24, 2.45) is 0 Å². The number of hydrogen-bond acceptors (Lipinski definition) is 3. The van der Waals surface area contributed by atoms with Crippen molar-refractivity contribution in [3.05, 3.63) is 53.5 Å². The predicted octanol–water partition coefficient (Wildman–Crippen LogP) is 4.19. The number of rotatable bonds is 6. The first-order chi connectivity index (χ1) is 10.1. The standard InChI is InChI=1S/C18H25N3/c1-5-10-15-13-16(19-6-2)21-17(20-15)18(3,4)14-11-8-7-9-12-14/h7-9,11-13H,5-6,10H2,1-4H3,(H,19,20,21). The van der Waals surface area contributed by atoms with Gasteiger partial charge in [0.2, 0.25) is 0 Å². The van der Waals surface area contributed by atoms with E-state index in [4.69, 9.17) is 9.97 Å². The van der Waals surface area contributed by atoms with Crippen molar-refractivity contribution in [1.82, 2.24) is 9.97 Å². The maximum absolute atomic E-state index is 4.80. The second-order valence-electron chi connectivity index (χ2n) is 5.84. The van der Waals surface area contributed by atoms with E-state index in [9.17, 15) is 0 Å². The lowest BCUT2D eigenvalue weighted by molar-refractivity contribution is 0.585. The maximum atomic E-state index is 4.80. The van der Waals surface area contributed by atoms with Crippen LogP contribution in [-0.2, 0) is 11.8 Å². The van der Waals surface area contributed by atoms with Crippen LogP contribution in [0.15, 0.2) is 36.4 Å². The molecular formula is C18H25N3. The molecule has 0 fully saturated rings. The van der Waals surface area contributed by atoms with E-state index in [2.05, 4.69) is 63.3 Å². The summed E-state index contributed by atoms with van der Waals surface area (Å²) in [5.74, 6) is 1.81. The van der Waals surface area contributed by atoms with Crippen LogP contribution in [0.3, 0.4) is 0 Å². The summed E-state index contributed by atoms with van der Waals surface area (Å²) in [7, 11) is 0. The molecule has 0 aliphatic carbocycles. The minimum atomic E-state index is -0.199. The fraction of sp³-hybridized carbons (Fsp3) is 0.444. The Morgan fingerprint density at radius 2 is 1.76 bits per heavy atom. The minimum absolute atomic E-state index is 0.199. The Hall–Kier alpha value is -1.90. The van der Waals surface area contributed by atoms with Gasteiger partial charge in [0.25, 0.3) is 0 Å². The van der Waals surface area contributed by atoms with Crippen molar-refractivity contribution < 1.29 is 0 Å². The Morgan fingerprint density at radius 1 is 1.05 bits per heavy atom. The van der Waals surface area contributed by atoms with Crippen molar-refractivity contribution in [3.8, 4) is 0 Å². The van der Waals surface area contributed by atoms with Gasteiger partial charge in [-0.15, -0.1) is 0 Å². The number of aromatic nitrogens is 2. The molecule has 0 saturated carbocycles. The number of hydrogen-bond donors (Lipinski definition) is 1. The molecular weight excluding hydrogens is 258 g/mol. The van der Waals surface area contributed by atoms with Crippen LogP contribution < -0.4 is 5.32 Å². The molecule has 21 heavy (non-hydrogen) atoms. The third kappa shape index (κ3) is 3.60. The first kappa shape index (κ1) is 15.5. The zero-order chi connectivity index (χ0) is 15.3. The molecule has 2 rings (SSSR count). The smallest absolute Gasteiger partial charge is 0.140 e. The third-order valence-corrected chi connectivity index (χ3v) is 3.70. The van der Waals surface area contributed by atoms with Gasteiger partial charge in [-0.05, 0) is 32.8 Å². The van der Waals surface area contributed by atoms with Crippen LogP contribution in [0, 0.1) is 0 Å². The summed E-state index contributed by atoms with van der Waals surface area (Å²) in [5, 5.41) is 3.32. The van der Waals surface area contributed by atoms with Gasteiger partial charge >= 0.3 is 0 Å². The third-order valence-electron chi connectivity index (χ3n) is 3.70. The molecule has 3 heteroatoms. The van der Waals surface area contributed by atoms with Gasteiger partial charge in [0.15, 0.2) is 0 Å². The highest BCUT2D eigenvalue weighted by Crippen LogP contribution is 2.29. The van der Waals surface area contributed by atoms with E-state index in [-0.39, 0.29) is 5.41 Å². The van der Waals surface area contributed by atoms with Gasteiger partial charge in [-0.1, -0.05) is 43.7 Å². The van der Waals surface area contributed by atoms with Crippen LogP contribution in [0.5, 0.6) is 0 Å². The molecule has 1 N–H and O–H groups in total. The largest absolute Gasteiger partial charge is 0.370 e. The van der Waals surface area contributed by atoms with Crippen LogP contribution >= 0.6 is 0 Å². The Balaban J connectivity index is 2.45. The lowest BCUT2D eigenvalue weighted by Gasteiger charge is -2.25. The quantitative estimate of drug-likeness (QED) is 0.864. The van der Waals surface area contributed by atoms with Crippen molar-refractivity contribution in [2.45, 2.75) is 46.0 Å². The molecule has 0 saturated heterocycles. The molecule has 0 bridgehead atoms. The minimum Gasteiger partial charge on any atom is -0.370 e. The zero-order valence-electron chi connectivity index (χ0n) is 13.5. The second kappa shape index (κ2) is 6.70. The lowest BCUT2D eigenvalue weighted by atomic mass is 9.83. The average Bonchev–Trinajstić information content (AvgIpc) is 2.48. The van der Waals surface area contributed by atoms with Crippen LogP contribution in [0.25, 0.3) is 0 Å². The molecule has 1 heterocycles. The predicted molar refractivity (Wildman–Crippen MR) is 88.8 cm³/mol. The Labute approximate surface area is 127 Å². The van der Waals surface area contributed by atoms with E-state index < -0.39 is 0 Å². The zero-order valence-corrected chi connectivity index (χ0v) is 13.5. The van der Waals surface area contributed by atoms with Gasteiger partial charge in [0, 0.05) is 23.7 Å². The summed E-state index contributed by atoms with van der Waals surface area (Å²) >= 11 is 0. The molecule has 0 spiro atoms. The summed E-state index contributed by atoms with van der Waals surface area (Å²) in [6.45, 7) is 9.50. The summed E-state index contributed by atoms with van der Waals surface area (Å²) in [6, 6.07) is 12.5. The van der Waals surface area contributed by atoms with E-state index in [1.165, 1.54) is 5.56 Å². The van der Waals surface area contributed by atoms with Crippen LogP contribution in [0.2, 0.25) is 0 Å². The summed E-state index contributed by atoms with van der Waals surface area (Å²) in [4.78, 5) is 9.53.